The Labute approximate surface area is 125 Å². The fourth-order valence-electron chi connectivity index (χ4n) is 1.84. The monoisotopic (exact) mass is 329 g/mol. The van der Waals surface area contributed by atoms with Crippen LogP contribution in [0.4, 0.5) is 0 Å². The van der Waals surface area contributed by atoms with Crippen LogP contribution in [0.15, 0.2) is 37.5 Å². The fourth-order valence-corrected chi connectivity index (χ4v) is 3.81. The average molecular weight is 329 g/mol. The highest BCUT2D eigenvalue weighted by Crippen LogP contribution is 2.14. The third-order valence-electron chi connectivity index (χ3n) is 3.09. The van der Waals surface area contributed by atoms with E-state index in [1.807, 2.05) is 16.8 Å². The van der Waals surface area contributed by atoms with E-state index in [2.05, 4.69) is 0 Å². The molecule has 9 heteroatoms. The fraction of sp³-hybridized carbons (Fsp3) is 0.333. The van der Waals surface area contributed by atoms with E-state index in [0.717, 1.165) is 25.2 Å². The summed E-state index contributed by atoms with van der Waals surface area (Å²) in [6.45, 7) is 0.165. The van der Waals surface area contributed by atoms with Gasteiger partial charge in [0.15, 0.2) is 4.90 Å². The van der Waals surface area contributed by atoms with E-state index in [1.54, 1.807) is 0 Å². The maximum atomic E-state index is 12.5. The average Bonchev–Trinajstić information content (AvgIpc) is 2.93. The van der Waals surface area contributed by atoms with Crippen LogP contribution in [0, 0.1) is 0 Å². The Hall–Kier alpha value is -1.71. The van der Waals surface area contributed by atoms with Gasteiger partial charge in [-0.1, -0.05) is 0 Å². The topological polar surface area (TPSA) is 81.4 Å². The van der Waals surface area contributed by atoms with Gasteiger partial charge in [-0.2, -0.15) is 15.6 Å². The van der Waals surface area contributed by atoms with Crippen molar-refractivity contribution in [1.82, 2.24) is 13.4 Å². The third-order valence-corrected chi connectivity index (χ3v) is 5.61. The molecule has 0 saturated carbocycles. The zero-order valence-electron chi connectivity index (χ0n) is 11.8. The van der Waals surface area contributed by atoms with Gasteiger partial charge in [-0.15, -0.1) is 0 Å². The molecule has 2 rings (SSSR count). The molecule has 0 radical (unpaired) electrons. The second-order valence-electron chi connectivity index (χ2n) is 4.64. The first kappa shape index (κ1) is 15.7. The predicted molar refractivity (Wildman–Crippen MR) is 79.9 cm³/mol. The summed E-state index contributed by atoms with van der Waals surface area (Å²) in [5, 5.41) is 3.69. The Balaban J connectivity index is 2.50. The van der Waals surface area contributed by atoms with Crippen molar-refractivity contribution in [2.75, 3.05) is 7.05 Å². The predicted octanol–water partition coefficient (Wildman–Crippen LogP) is -0.0338. The molecule has 0 saturated heterocycles. The summed E-state index contributed by atoms with van der Waals surface area (Å²) in [5.74, 6) is 0. The van der Waals surface area contributed by atoms with Crippen molar-refractivity contribution >= 4 is 21.4 Å². The van der Waals surface area contributed by atoms with Gasteiger partial charge in [0.2, 0.25) is 10.0 Å². The molecule has 7 nitrogen and oxygen atoms in total. The Morgan fingerprint density at radius 3 is 2.52 bits per heavy atom. The molecular formula is C12H15N3O4S2. The zero-order valence-corrected chi connectivity index (χ0v) is 13.4. The summed E-state index contributed by atoms with van der Waals surface area (Å²) in [4.78, 5) is 23.2. The van der Waals surface area contributed by atoms with Crippen LogP contribution >= 0.6 is 11.3 Å². The van der Waals surface area contributed by atoms with Crippen molar-refractivity contribution in [3.63, 3.8) is 0 Å². The van der Waals surface area contributed by atoms with E-state index in [1.165, 1.54) is 32.5 Å². The first-order chi connectivity index (χ1) is 9.75. The molecule has 0 aliphatic carbocycles. The number of nitrogens with zero attached hydrogens (tertiary/aromatic N) is 3. The molecule has 0 N–H and O–H groups in total. The molecule has 2 heterocycles. The molecule has 114 valence electrons. The highest BCUT2D eigenvalue weighted by molar-refractivity contribution is 7.89. The molecule has 2 aromatic heterocycles. The van der Waals surface area contributed by atoms with Gasteiger partial charge in [0.05, 0.1) is 0 Å². The van der Waals surface area contributed by atoms with Crippen molar-refractivity contribution in [1.29, 1.82) is 0 Å². The molecule has 0 bridgehead atoms. The zero-order chi connectivity index (χ0) is 15.8. The largest absolute Gasteiger partial charge is 0.330 e. The number of hydrogen-bond donors (Lipinski definition) is 0. The third kappa shape index (κ3) is 2.85. The Kier molecular flexibility index (Phi) is 4.17. The van der Waals surface area contributed by atoms with Gasteiger partial charge >= 0.3 is 5.69 Å². The highest BCUT2D eigenvalue weighted by Gasteiger charge is 2.26. The normalized spacial score (nSPS) is 12.0. The standard InChI is InChI=1S/C12H15N3O4S2/c1-13-7-10(11(16)15(3)12(13)17)21(18,19)14(2)6-9-4-5-20-8-9/h4-5,7-8H,6H2,1-3H3. The van der Waals surface area contributed by atoms with Gasteiger partial charge in [0.1, 0.15) is 0 Å². The summed E-state index contributed by atoms with van der Waals surface area (Å²) in [5.41, 5.74) is -0.553. The second-order valence-corrected chi connectivity index (χ2v) is 7.44. The molecule has 0 unspecified atom stereocenters. The van der Waals surface area contributed by atoms with Gasteiger partial charge < -0.3 is 4.57 Å². The molecular weight excluding hydrogens is 314 g/mol. The van der Waals surface area contributed by atoms with Crippen LogP contribution in [-0.2, 0) is 30.7 Å². The van der Waals surface area contributed by atoms with Crippen molar-refractivity contribution in [2.45, 2.75) is 11.4 Å². The molecule has 0 aliphatic rings. The maximum Gasteiger partial charge on any atom is 0.330 e. The molecule has 0 fully saturated rings. The number of aromatic nitrogens is 2. The van der Waals surface area contributed by atoms with Crippen LogP contribution in [0.1, 0.15) is 5.56 Å². The van der Waals surface area contributed by atoms with Crippen LogP contribution in [0.5, 0.6) is 0 Å². The van der Waals surface area contributed by atoms with E-state index in [-0.39, 0.29) is 6.54 Å². The quantitative estimate of drug-likeness (QED) is 0.788. The number of rotatable bonds is 4. The Morgan fingerprint density at radius 2 is 1.95 bits per heavy atom. The lowest BCUT2D eigenvalue weighted by atomic mass is 10.3. The highest BCUT2D eigenvalue weighted by atomic mass is 32.2. The van der Waals surface area contributed by atoms with Crippen LogP contribution in [0.3, 0.4) is 0 Å². The van der Waals surface area contributed by atoms with Gasteiger partial charge in [-0.3, -0.25) is 9.36 Å². The number of thiophene rings is 1. The summed E-state index contributed by atoms with van der Waals surface area (Å²) in [6, 6.07) is 1.82. The second kappa shape index (κ2) is 5.58. The van der Waals surface area contributed by atoms with Crippen molar-refractivity contribution in [3.05, 3.63) is 49.4 Å². The SMILES string of the molecule is CN(Cc1ccsc1)S(=O)(=O)c1cn(C)c(=O)n(C)c1=O. The summed E-state index contributed by atoms with van der Waals surface area (Å²) >= 11 is 1.47. The van der Waals surface area contributed by atoms with Gasteiger partial charge in [0.25, 0.3) is 5.56 Å². The number of aryl methyl sites for hydroxylation is 1. The van der Waals surface area contributed by atoms with E-state index in [4.69, 9.17) is 0 Å². The molecule has 0 atom stereocenters. The summed E-state index contributed by atoms with van der Waals surface area (Å²) in [6.07, 6.45) is 1.06. The first-order valence-corrected chi connectivity index (χ1v) is 8.37. The smallest absolute Gasteiger partial charge is 0.302 e. The van der Waals surface area contributed by atoms with Crippen LogP contribution in [0.25, 0.3) is 0 Å². The van der Waals surface area contributed by atoms with Crippen LogP contribution in [-0.4, -0.2) is 28.9 Å². The number of hydrogen-bond acceptors (Lipinski definition) is 5. The molecule has 0 aliphatic heterocycles. The number of sulfonamides is 1. The molecule has 0 aromatic carbocycles. The van der Waals surface area contributed by atoms with E-state index >= 15 is 0 Å². The Morgan fingerprint density at radius 1 is 1.29 bits per heavy atom. The lowest BCUT2D eigenvalue weighted by Crippen LogP contribution is -2.41. The van der Waals surface area contributed by atoms with Gasteiger partial charge in [-0.25, -0.2) is 13.2 Å². The minimum absolute atomic E-state index is 0.165. The minimum atomic E-state index is -3.96. The van der Waals surface area contributed by atoms with Crippen molar-refractivity contribution in [3.8, 4) is 0 Å². The molecule has 21 heavy (non-hydrogen) atoms. The summed E-state index contributed by atoms with van der Waals surface area (Å²) < 4.78 is 27.9. The Bertz CT molecular complexity index is 863. The minimum Gasteiger partial charge on any atom is -0.302 e. The van der Waals surface area contributed by atoms with E-state index in [0.29, 0.717) is 0 Å². The van der Waals surface area contributed by atoms with Crippen molar-refractivity contribution < 1.29 is 8.42 Å². The van der Waals surface area contributed by atoms with Gasteiger partial charge in [-0.05, 0) is 22.4 Å². The molecule has 0 spiro atoms. The van der Waals surface area contributed by atoms with Crippen molar-refractivity contribution in [2.24, 2.45) is 14.1 Å². The van der Waals surface area contributed by atoms with Crippen LogP contribution < -0.4 is 11.2 Å². The van der Waals surface area contributed by atoms with Crippen LogP contribution in [0.2, 0.25) is 0 Å². The lowest BCUT2D eigenvalue weighted by molar-refractivity contribution is 0.463. The van der Waals surface area contributed by atoms with Gasteiger partial charge in [0, 0.05) is 33.9 Å². The van der Waals surface area contributed by atoms with E-state index < -0.39 is 26.2 Å². The lowest BCUT2D eigenvalue weighted by Gasteiger charge is -2.17. The molecule has 2 aromatic rings. The van der Waals surface area contributed by atoms with E-state index in [9.17, 15) is 18.0 Å². The maximum absolute atomic E-state index is 12.5. The first-order valence-electron chi connectivity index (χ1n) is 5.99. The molecule has 0 amide bonds. The summed E-state index contributed by atoms with van der Waals surface area (Å²) in [7, 11) is 0.0927.